The number of amidine groups is 1. The third-order valence-corrected chi connectivity index (χ3v) is 4.41. The van der Waals surface area contributed by atoms with Crippen molar-refractivity contribution in [2.45, 2.75) is 44.2 Å². The smallest absolute Gasteiger partial charge is 0.490 e. The highest BCUT2D eigenvalue weighted by Gasteiger charge is 2.38. The van der Waals surface area contributed by atoms with Gasteiger partial charge in [0.15, 0.2) is 11.5 Å². The molecule has 0 saturated carbocycles. The second-order valence-electron chi connectivity index (χ2n) is 8.34. The summed E-state index contributed by atoms with van der Waals surface area (Å²) in [5.41, 5.74) is 17.5. The zero-order valence-corrected chi connectivity index (χ0v) is 19.3. The van der Waals surface area contributed by atoms with Crippen LogP contribution in [0.25, 0.3) is 11.1 Å². The molecule has 0 radical (unpaired) electrons. The Bertz CT molecular complexity index is 1160. The average Bonchev–Trinajstić information content (AvgIpc) is 3.18. The maximum Gasteiger partial charge on any atom is 0.490 e. The summed E-state index contributed by atoms with van der Waals surface area (Å²) in [6, 6.07) is 1.54. The van der Waals surface area contributed by atoms with Gasteiger partial charge in [-0.25, -0.2) is 18.6 Å². The summed E-state index contributed by atoms with van der Waals surface area (Å²) in [5, 5.41) is 13.7. The number of carboxylic acids is 1. The summed E-state index contributed by atoms with van der Waals surface area (Å²) in [5.74, 6) is -2.98. The van der Waals surface area contributed by atoms with Crippen molar-refractivity contribution in [3.63, 3.8) is 0 Å². The average molecular weight is 520 g/mol. The molecule has 0 amide bonds. The summed E-state index contributed by atoms with van der Waals surface area (Å²) < 4.78 is 65.1. The second kappa shape index (κ2) is 10.4. The minimum absolute atomic E-state index is 0.0340. The van der Waals surface area contributed by atoms with Crippen LogP contribution in [0.4, 0.5) is 22.0 Å². The second-order valence-corrected chi connectivity index (χ2v) is 8.34. The predicted octanol–water partition coefficient (Wildman–Crippen LogP) is 1.50. The molecule has 0 fully saturated rings. The number of hydrogen-bond acceptors (Lipinski definition) is 9. The van der Waals surface area contributed by atoms with Crippen LogP contribution < -0.4 is 27.3 Å². The Morgan fingerprint density at radius 3 is 2.42 bits per heavy atom. The quantitative estimate of drug-likeness (QED) is 0.353. The topological polar surface area (TPSA) is 180 Å². The van der Waals surface area contributed by atoms with Crippen molar-refractivity contribution in [2.24, 2.45) is 22.2 Å². The first-order valence-electron chi connectivity index (χ1n) is 10.0. The van der Waals surface area contributed by atoms with Gasteiger partial charge in [-0.15, -0.1) is 0 Å². The molecular weight excluding hydrogens is 495 g/mol. The molecule has 1 unspecified atom stereocenters. The van der Waals surface area contributed by atoms with Gasteiger partial charge in [0, 0.05) is 41.2 Å². The van der Waals surface area contributed by atoms with Crippen molar-refractivity contribution < 1.29 is 36.6 Å². The fourth-order valence-corrected chi connectivity index (χ4v) is 2.96. The third kappa shape index (κ3) is 7.35. The minimum Gasteiger partial charge on any atom is -0.496 e. The number of aliphatic carboxylic acids is 1. The highest BCUT2D eigenvalue weighted by atomic mass is 19.4. The Labute approximate surface area is 201 Å². The summed E-state index contributed by atoms with van der Waals surface area (Å²) in [6.07, 6.45) is -1.60. The van der Waals surface area contributed by atoms with Crippen LogP contribution in [0, 0.1) is 0 Å². The highest BCUT2D eigenvalue weighted by Crippen LogP contribution is 2.33. The summed E-state index contributed by atoms with van der Waals surface area (Å²) in [7, 11) is 1.49. The molecule has 0 aliphatic carbocycles. The van der Waals surface area contributed by atoms with Gasteiger partial charge in [0.25, 0.3) is 6.43 Å². The van der Waals surface area contributed by atoms with Crippen molar-refractivity contribution >= 4 is 11.8 Å². The number of carbonyl (C=O) groups is 1. The zero-order chi connectivity index (χ0) is 27.5. The molecule has 0 aromatic carbocycles. The molecule has 11 nitrogen and oxygen atoms in total. The number of alkyl halides is 5. The van der Waals surface area contributed by atoms with Crippen molar-refractivity contribution in [1.29, 1.82) is 0 Å². The molecule has 8 N–H and O–H groups in total. The molecular formula is C20H25F5N8O3. The van der Waals surface area contributed by atoms with Crippen molar-refractivity contribution in [3.05, 3.63) is 42.2 Å². The number of methoxy groups -OCH3 is 1. The number of nitrogens with two attached hydrogens (primary N) is 3. The first-order chi connectivity index (χ1) is 16.4. The van der Waals surface area contributed by atoms with Crippen molar-refractivity contribution in [3.8, 4) is 16.9 Å². The van der Waals surface area contributed by atoms with Crippen LogP contribution in [0.1, 0.15) is 19.5 Å². The molecule has 1 aliphatic rings. The van der Waals surface area contributed by atoms with Gasteiger partial charge in [-0.2, -0.15) is 18.3 Å². The molecule has 3 heterocycles. The van der Waals surface area contributed by atoms with Crippen LogP contribution in [0.3, 0.4) is 0 Å². The van der Waals surface area contributed by atoms with Crippen molar-refractivity contribution in [1.82, 2.24) is 20.1 Å². The number of nitrogens with one attached hydrogen (secondary N) is 1. The van der Waals surface area contributed by atoms with Crippen LogP contribution in [-0.4, -0.2) is 56.9 Å². The number of aliphatic imine (C=N–C) groups is 1. The molecule has 1 aliphatic heterocycles. The number of carboxylic acid groups (broad SMARTS) is 1. The number of aromatic nitrogens is 3. The molecule has 0 spiro atoms. The Morgan fingerprint density at radius 1 is 1.31 bits per heavy atom. The fourth-order valence-electron chi connectivity index (χ4n) is 2.96. The maximum atomic E-state index is 13.1. The van der Waals surface area contributed by atoms with E-state index in [-0.39, 0.29) is 11.5 Å². The highest BCUT2D eigenvalue weighted by molar-refractivity contribution is 5.88. The van der Waals surface area contributed by atoms with Crippen LogP contribution in [0.2, 0.25) is 0 Å². The summed E-state index contributed by atoms with van der Waals surface area (Å²) in [6.45, 7) is 4.33. The van der Waals surface area contributed by atoms with E-state index in [1.807, 2.05) is 20.0 Å². The summed E-state index contributed by atoms with van der Waals surface area (Å²) in [4.78, 5) is 17.1. The van der Waals surface area contributed by atoms with E-state index in [0.29, 0.717) is 17.9 Å². The zero-order valence-electron chi connectivity index (χ0n) is 19.3. The molecule has 2 aromatic rings. The number of pyridine rings is 1. The number of nitrogens with zero attached hydrogens (tertiary/aromatic N) is 4. The Morgan fingerprint density at radius 2 is 1.92 bits per heavy atom. The third-order valence-electron chi connectivity index (χ3n) is 4.41. The molecule has 16 heteroatoms. The van der Waals surface area contributed by atoms with E-state index in [4.69, 9.17) is 31.8 Å². The van der Waals surface area contributed by atoms with E-state index in [9.17, 15) is 22.0 Å². The van der Waals surface area contributed by atoms with E-state index in [1.54, 1.807) is 16.9 Å². The van der Waals surface area contributed by atoms with Gasteiger partial charge < -0.3 is 26.6 Å². The molecule has 2 aromatic heterocycles. The molecule has 1 atom stereocenters. The van der Waals surface area contributed by atoms with Crippen molar-refractivity contribution in [2.75, 3.05) is 7.11 Å². The van der Waals surface area contributed by atoms with Crippen LogP contribution in [0.15, 0.2) is 41.5 Å². The number of halogens is 5. The first kappa shape index (κ1) is 28.4. The SMILES string of the molecule is COc1cc(C2(N)C=C(N)NC(C(F)F)=N2)ncc1-c1cnn(CC(C)(C)N)c1.O=C(O)C(F)(F)F. The van der Waals surface area contributed by atoms with Gasteiger partial charge in [0.05, 0.1) is 25.5 Å². The van der Waals surface area contributed by atoms with Gasteiger partial charge in [0.2, 0.25) is 0 Å². The lowest BCUT2D eigenvalue weighted by atomic mass is 10.0. The van der Waals surface area contributed by atoms with E-state index in [2.05, 4.69) is 20.4 Å². The molecule has 0 bridgehead atoms. The van der Waals surface area contributed by atoms with Crippen LogP contribution in [-0.2, 0) is 17.0 Å². The van der Waals surface area contributed by atoms with E-state index < -0.39 is 35.6 Å². The van der Waals surface area contributed by atoms with E-state index in [1.165, 1.54) is 19.4 Å². The van der Waals surface area contributed by atoms with E-state index in [0.717, 1.165) is 5.56 Å². The van der Waals surface area contributed by atoms with Gasteiger partial charge in [-0.05, 0) is 13.8 Å². The van der Waals surface area contributed by atoms with Gasteiger partial charge >= 0.3 is 12.1 Å². The number of ether oxygens (including phenoxy) is 1. The van der Waals surface area contributed by atoms with Gasteiger partial charge in [-0.1, -0.05) is 0 Å². The lowest BCUT2D eigenvalue weighted by Gasteiger charge is -2.28. The maximum absolute atomic E-state index is 13.1. The lowest BCUT2D eigenvalue weighted by Crippen LogP contribution is -2.46. The van der Waals surface area contributed by atoms with Gasteiger partial charge in [-0.3, -0.25) is 15.4 Å². The van der Waals surface area contributed by atoms with Gasteiger partial charge in [0.1, 0.15) is 11.6 Å². The Hall–Kier alpha value is -3.79. The number of hydrogen-bond donors (Lipinski definition) is 5. The normalized spacial score (nSPS) is 18.0. The Kier molecular flexibility index (Phi) is 8.26. The van der Waals surface area contributed by atoms with E-state index >= 15 is 0 Å². The Balaban J connectivity index is 0.000000572. The molecule has 36 heavy (non-hydrogen) atoms. The van der Waals surface area contributed by atoms with Crippen LogP contribution in [0.5, 0.6) is 5.75 Å². The van der Waals surface area contributed by atoms with Crippen LogP contribution >= 0.6 is 0 Å². The summed E-state index contributed by atoms with van der Waals surface area (Å²) >= 11 is 0. The molecule has 198 valence electrons. The monoisotopic (exact) mass is 520 g/mol. The first-order valence-corrected chi connectivity index (χ1v) is 10.0. The predicted molar refractivity (Wildman–Crippen MR) is 119 cm³/mol. The minimum atomic E-state index is -5.08. The molecule has 3 rings (SSSR count). The largest absolute Gasteiger partial charge is 0.496 e. The lowest BCUT2D eigenvalue weighted by molar-refractivity contribution is -0.192. The standard InChI is InChI=1S/C18H24F2N8O.C2HF3O2/c1-17(2,22)9-28-8-10(6-25-28)11-7-24-13(4-12(11)29-3)18(23)5-14(21)26-16(27-18)15(19)20;3-2(4,5)1(6)7/h4-8,15H,9,21-23H2,1-3H3,(H,26,27);(H,6,7). The number of rotatable bonds is 6. The fraction of sp³-hybridized carbons (Fsp3) is 0.400. The molecule has 0 saturated heterocycles.